The van der Waals surface area contributed by atoms with E-state index in [2.05, 4.69) is 4.98 Å². The van der Waals surface area contributed by atoms with Gasteiger partial charge in [-0.05, 0) is 24.3 Å². The minimum Gasteiger partial charge on any atom is -0.474 e. The van der Waals surface area contributed by atoms with Crippen molar-refractivity contribution in [2.24, 2.45) is 0 Å². The summed E-state index contributed by atoms with van der Waals surface area (Å²) in [7, 11) is 0. The van der Waals surface area contributed by atoms with Crippen LogP contribution in [0.2, 0.25) is 5.02 Å². The third-order valence-electron chi connectivity index (χ3n) is 3.79. The molecule has 2 aromatic rings. The number of nitrogens with zero attached hydrogens (tertiary/aromatic N) is 2. The lowest BCUT2D eigenvalue weighted by Crippen LogP contribution is -2.41. The molecule has 1 saturated heterocycles. The summed E-state index contributed by atoms with van der Waals surface area (Å²) in [4.78, 5) is 18.2. The molecular weight excluding hydrogens is 319 g/mol. The van der Waals surface area contributed by atoms with Crippen LogP contribution in [0.3, 0.4) is 0 Å². The van der Waals surface area contributed by atoms with Crippen LogP contribution in [0.1, 0.15) is 23.2 Å². The number of ether oxygens (including phenoxy) is 1. The zero-order chi connectivity index (χ0) is 16.2. The van der Waals surface area contributed by atoms with Crippen LogP contribution in [0.25, 0.3) is 0 Å². The predicted octanol–water partition coefficient (Wildman–Crippen LogP) is 3.56. The van der Waals surface area contributed by atoms with Crippen molar-refractivity contribution in [3.05, 3.63) is 59.0 Å². The van der Waals surface area contributed by atoms with Crippen molar-refractivity contribution in [3.63, 3.8) is 0 Å². The molecule has 23 heavy (non-hydrogen) atoms. The fourth-order valence-corrected chi connectivity index (χ4v) is 2.70. The van der Waals surface area contributed by atoms with Gasteiger partial charge in [0.15, 0.2) is 0 Å². The Labute approximate surface area is 138 Å². The number of benzene rings is 1. The Balaban J connectivity index is 1.55. The van der Waals surface area contributed by atoms with Gasteiger partial charge in [-0.3, -0.25) is 4.79 Å². The lowest BCUT2D eigenvalue weighted by molar-refractivity contribution is 0.0587. The molecular formula is C17H16ClFN2O2. The third kappa shape index (κ3) is 3.99. The Morgan fingerprint density at radius 2 is 2.04 bits per heavy atom. The van der Waals surface area contributed by atoms with Gasteiger partial charge in [-0.25, -0.2) is 9.37 Å². The number of hydrogen-bond donors (Lipinski definition) is 0. The molecule has 2 heterocycles. The highest BCUT2D eigenvalue weighted by atomic mass is 35.5. The highest BCUT2D eigenvalue weighted by molar-refractivity contribution is 6.30. The van der Waals surface area contributed by atoms with Crippen molar-refractivity contribution < 1.29 is 13.9 Å². The van der Waals surface area contributed by atoms with E-state index in [0.717, 1.165) is 0 Å². The van der Waals surface area contributed by atoms with E-state index in [1.165, 1.54) is 12.1 Å². The average Bonchev–Trinajstić information content (AvgIpc) is 2.57. The minimum absolute atomic E-state index is 0.0141. The van der Waals surface area contributed by atoms with E-state index in [-0.39, 0.29) is 12.0 Å². The van der Waals surface area contributed by atoms with Crippen LogP contribution in [0.15, 0.2) is 42.6 Å². The van der Waals surface area contributed by atoms with Crippen molar-refractivity contribution in [1.82, 2.24) is 9.88 Å². The fraction of sp³-hybridized carbons (Fsp3) is 0.294. The molecule has 4 nitrogen and oxygen atoms in total. The summed E-state index contributed by atoms with van der Waals surface area (Å²) in [6.07, 6.45) is 2.98. The number of amides is 1. The molecule has 3 rings (SSSR count). The summed E-state index contributed by atoms with van der Waals surface area (Å²) in [5, 5.41) is 0.563. The van der Waals surface area contributed by atoms with Crippen molar-refractivity contribution in [1.29, 1.82) is 0 Å². The second-order valence-electron chi connectivity index (χ2n) is 5.43. The van der Waals surface area contributed by atoms with E-state index in [0.29, 0.717) is 42.4 Å². The number of piperidine rings is 1. The Kier molecular flexibility index (Phi) is 4.76. The molecule has 1 aromatic carbocycles. The standard InChI is InChI=1S/C17H16ClFN2O2/c18-13-4-5-16(20-11-13)23-15-6-8-21(9-7-15)17(22)12-2-1-3-14(19)10-12/h1-5,10-11,15H,6-9H2. The van der Waals surface area contributed by atoms with Gasteiger partial charge in [0.2, 0.25) is 5.88 Å². The molecule has 1 aliphatic rings. The molecule has 0 saturated carbocycles. The second-order valence-corrected chi connectivity index (χ2v) is 5.87. The maximum absolute atomic E-state index is 13.2. The molecule has 1 aliphatic heterocycles. The number of carbonyl (C=O) groups is 1. The van der Waals surface area contributed by atoms with Gasteiger partial charge in [0, 0.05) is 43.8 Å². The molecule has 6 heteroatoms. The molecule has 0 unspecified atom stereocenters. The molecule has 1 fully saturated rings. The van der Waals surface area contributed by atoms with Gasteiger partial charge < -0.3 is 9.64 Å². The minimum atomic E-state index is -0.400. The Hall–Kier alpha value is -2.14. The zero-order valence-corrected chi connectivity index (χ0v) is 13.2. The van der Waals surface area contributed by atoms with Crippen molar-refractivity contribution in [2.45, 2.75) is 18.9 Å². The number of halogens is 2. The maximum Gasteiger partial charge on any atom is 0.253 e. The number of rotatable bonds is 3. The van der Waals surface area contributed by atoms with Crippen molar-refractivity contribution in [3.8, 4) is 5.88 Å². The number of likely N-dealkylation sites (tertiary alicyclic amines) is 1. The summed E-state index contributed by atoms with van der Waals surface area (Å²) in [5.74, 6) is -0.0141. The van der Waals surface area contributed by atoms with Crippen LogP contribution < -0.4 is 4.74 Å². The summed E-state index contributed by atoms with van der Waals surface area (Å²) >= 11 is 5.79. The van der Waals surface area contributed by atoms with E-state index in [1.54, 1.807) is 35.4 Å². The van der Waals surface area contributed by atoms with Gasteiger partial charge in [0.25, 0.3) is 5.91 Å². The van der Waals surface area contributed by atoms with E-state index in [9.17, 15) is 9.18 Å². The molecule has 120 valence electrons. The van der Waals surface area contributed by atoms with E-state index in [1.807, 2.05) is 0 Å². The average molecular weight is 335 g/mol. The van der Waals surface area contributed by atoms with E-state index in [4.69, 9.17) is 16.3 Å². The Bertz CT molecular complexity index is 685. The smallest absolute Gasteiger partial charge is 0.253 e. The maximum atomic E-state index is 13.2. The van der Waals surface area contributed by atoms with Gasteiger partial charge in [0.05, 0.1) is 5.02 Å². The molecule has 0 aliphatic carbocycles. The first-order valence-electron chi connectivity index (χ1n) is 7.45. The number of carbonyl (C=O) groups excluding carboxylic acids is 1. The van der Waals surface area contributed by atoms with Crippen molar-refractivity contribution >= 4 is 17.5 Å². The van der Waals surface area contributed by atoms with Crippen LogP contribution in [-0.4, -0.2) is 35.0 Å². The van der Waals surface area contributed by atoms with E-state index >= 15 is 0 Å². The van der Waals surface area contributed by atoms with Gasteiger partial charge in [-0.2, -0.15) is 0 Å². The topological polar surface area (TPSA) is 42.4 Å². The van der Waals surface area contributed by atoms with Gasteiger partial charge in [-0.1, -0.05) is 17.7 Å². The quantitative estimate of drug-likeness (QED) is 0.862. The monoisotopic (exact) mass is 334 g/mol. The normalized spacial score (nSPS) is 15.5. The molecule has 0 radical (unpaired) electrons. The zero-order valence-electron chi connectivity index (χ0n) is 12.4. The Morgan fingerprint density at radius 3 is 2.70 bits per heavy atom. The molecule has 0 N–H and O–H groups in total. The molecule has 1 aromatic heterocycles. The number of aromatic nitrogens is 1. The van der Waals surface area contributed by atoms with Crippen LogP contribution in [0.5, 0.6) is 5.88 Å². The SMILES string of the molecule is O=C(c1cccc(F)c1)N1CCC(Oc2ccc(Cl)cn2)CC1. The largest absolute Gasteiger partial charge is 0.474 e. The van der Waals surface area contributed by atoms with Gasteiger partial charge in [-0.15, -0.1) is 0 Å². The summed E-state index contributed by atoms with van der Waals surface area (Å²) in [6.45, 7) is 1.15. The van der Waals surface area contributed by atoms with Crippen LogP contribution >= 0.6 is 11.6 Å². The fourth-order valence-electron chi connectivity index (χ4n) is 2.58. The van der Waals surface area contributed by atoms with Crippen LogP contribution in [0, 0.1) is 5.82 Å². The first kappa shape index (κ1) is 15.7. The third-order valence-corrected chi connectivity index (χ3v) is 4.01. The highest BCUT2D eigenvalue weighted by Gasteiger charge is 2.25. The van der Waals surface area contributed by atoms with Gasteiger partial charge >= 0.3 is 0 Å². The number of pyridine rings is 1. The molecule has 0 bridgehead atoms. The first-order chi connectivity index (χ1) is 11.1. The molecule has 0 spiro atoms. The Morgan fingerprint density at radius 1 is 1.26 bits per heavy atom. The lowest BCUT2D eigenvalue weighted by atomic mass is 10.1. The molecule has 0 atom stereocenters. The predicted molar refractivity (Wildman–Crippen MR) is 85.2 cm³/mol. The van der Waals surface area contributed by atoms with Crippen molar-refractivity contribution in [2.75, 3.05) is 13.1 Å². The first-order valence-corrected chi connectivity index (χ1v) is 7.82. The van der Waals surface area contributed by atoms with Gasteiger partial charge in [0.1, 0.15) is 11.9 Å². The van der Waals surface area contributed by atoms with Crippen LogP contribution in [0.4, 0.5) is 4.39 Å². The second kappa shape index (κ2) is 6.96. The lowest BCUT2D eigenvalue weighted by Gasteiger charge is -2.32. The molecule has 1 amide bonds. The van der Waals surface area contributed by atoms with E-state index < -0.39 is 5.82 Å². The summed E-state index contributed by atoms with van der Waals surface area (Å²) in [5.41, 5.74) is 0.378. The van der Waals surface area contributed by atoms with Crippen LogP contribution in [-0.2, 0) is 0 Å². The number of hydrogen-bond acceptors (Lipinski definition) is 3. The summed E-state index contributed by atoms with van der Waals surface area (Å²) < 4.78 is 19.0. The highest BCUT2D eigenvalue weighted by Crippen LogP contribution is 2.20. The summed E-state index contributed by atoms with van der Waals surface area (Å²) in [6, 6.07) is 9.23.